The average molecular weight is 421 g/mol. The number of nitrogens with zero attached hydrogens (tertiary/aromatic N) is 2. The van der Waals surface area contributed by atoms with Crippen LogP contribution in [0.25, 0.3) is 0 Å². The van der Waals surface area contributed by atoms with Gasteiger partial charge >= 0.3 is 5.97 Å². The number of carbonyl (C=O) groups excluding carboxylic acids is 3. The second-order valence-electron chi connectivity index (χ2n) is 8.22. The fourth-order valence-electron chi connectivity index (χ4n) is 4.55. The Kier molecular flexibility index (Phi) is 6.47. The van der Waals surface area contributed by atoms with Crippen LogP contribution < -0.4 is 4.90 Å². The van der Waals surface area contributed by atoms with Crippen LogP contribution in [0.2, 0.25) is 0 Å². The van der Waals surface area contributed by atoms with Crippen molar-refractivity contribution in [3.63, 3.8) is 0 Å². The minimum Gasteiger partial charge on any atom is -0.462 e. The van der Waals surface area contributed by atoms with Crippen molar-refractivity contribution in [2.24, 2.45) is 5.92 Å². The summed E-state index contributed by atoms with van der Waals surface area (Å²) in [7, 11) is 0. The van der Waals surface area contributed by atoms with Gasteiger partial charge in [-0.1, -0.05) is 30.3 Å². The summed E-state index contributed by atoms with van der Waals surface area (Å²) in [5.74, 6) is -0.164. The molecule has 2 saturated heterocycles. The van der Waals surface area contributed by atoms with Crippen molar-refractivity contribution in [1.82, 2.24) is 4.90 Å². The molecule has 2 aliphatic heterocycles. The van der Waals surface area contributed by atoms with Gasteiger partial charge in [-0.25, -0.2) is 9.69 Å². The van der Waals surface area contributed by atoms with Crippen LogP contribution in [-0.2, 0) is 20.7 Å². The lowest BCUT2D eigenvalue weighted by molar-refractivity contribution is -0.123. The molecule has 2 aromatic carbocycles. The van der Waals surface area contributed by atoms with Crippen LogP contribution in [0.3, 0.4) is 0 Å². The second-order valence-corrected chi connectivity index (χ2v) is 8.22. The van der Waals surface area contributed by atoms with Gasteiger partial charge in [0.15, 0.2) is 0 Å². The summed E-state index contributed by atoms with van der Waals surface area (Å²) in [6.07, 6.45) is 3.33. The number of carbonyl (C=O) groups is 3. The van der Waals surface area contributed by atoms with Gasteiger partial charge in [0.2, 0.25) is 5.91 Å². The van der Waals surface area contributed by atoms with Crippen molar-refractivity contribution in [3.8, 4) is 0 Å². The Morgan fingerprint density at radius 3 is 2.32 bits per heavy atom. The normalized spacial score (nSPS) is 20.3. The molecular weight excluding hydrogens is 392 g/mol. The highest BCUT2D eigenvalue weighted by molar-refractivity contribution is 6.22. The van der Waals surface area contributed by atoms with Crippen molar-refractivity contribution in [2.45, 2.75) is 38.6 Å². The van der Waals surface area contributed by atoms with E-state index in [0.29, 0.717) is 23.8 Å². The quantitative estimate of drug-likeness (QED) is 0.529. The van der Waals surface area contributed by atoms with Gasteiger partial charge in [-0.3, -0.25) is 14.5 Å². The van der Waals surface area contributed by atoms with Crippen molar-refractivity contribution in [2.75, 3.05) is 24.6 Å². The predicted octanol–water partition coefficient (Wildman–Crippen LogP) is 3.45. The lowest BCUT2D eigenvalue weighted by atomic mass is 9.89. The third-order valence-corrected chi connectivity index (χ3v) is 6.22. The fraction of sp³-hybridized carbons (Fsp3) is 0.400. The van der Waals surface area contributed by atoms with E-state index in [2.05, 4.69) is 29.2 Å². The van der Waals surface area contributed by atoms with Crippen molar-refractivity contribution < 1.29 is 19.1 Å². The molecule has 2 heterocycles. The Bertz CT molecular complexity index is 934. The van der Waals surface area contributed by atoms with Crippen LogP contribution in [-0.4, -0.2) is 48.4 Å². The SMILES string of the molecule is CCOC(=O)c1ccc(N2C(=O)C[C@H](N3CCC(Cc4ccccc4)CC3)C2=O)cc1. The Hall–Kier alpha value is -2.99. The molecule has 6 heteroatoms. The number of amides is 2. The fourth-order valence-corrected chi connectivity index (χ4v) is 4.55. The third kappa shape index (κ3) is 4.69. The first-order valence-electron chi connectivity index (χ1n) is 11.0. The van der Waals surface area contributed by atoms with E-state index in [1.807, 2.05) is 6.07 Å². The maximum Gasteiger partial charge on any atom is 0.338 e. The maximum absolute atomic E-state index is 13.1. The minimum atomic E-state index is -0.413. The Balaban J connectivity index is 1.37. The first-order valence-corrected chi connectivity index (χ1v) is 11.0. The molecule has 0 aliphatic carbocycles. The highest BCUT2D eigenvalue weighted by Gasteiger charge is 2.43. The Labute approximate surface area is 182 Å². The van der Waals surface area contributed by atoms with Crippen molar-refractivity contribution in [3.05, 3.63) is 65.7 Å². The number of piperidine rings is 1. The molecule has 0 spiro atoms. The predicted molar refractivity (Wildman–Crippen MR) is 118 cm³/mol. The molecule has 1 atom stereocenters. The Morgan fingerprint density at radius 2 is 1.68 bits per heavy atom. The molecule has 4 rings (SSSR count). The third-order valence-electron chi connectivity index (χ3n) is 6.22. The van der Waals surface area contributed by atoms with E-state index in [1.54, 1.807) is 31.2 Å². The van der Waals surface area contributed by atoms with Gasteiger partial charge in [0.25, 0.3) is 5.91 Å². The molecule has 0 N–H and O–H groups in total. The smallest absolute Gasteiger partial charge is 0.338 e. The number of imide groups is 1. The van der Waals surface area contributed by atoms with E-state index in [0.717, 1.165) is 32.4 Å². The average Bonchev–Trinajstić information content (AvgIpc) is 3.09. The zero-order chi connectivity index (χ0) is 21.8. The topological polar surface area (TPSA) is 66.9 Å². The van der Waals surface area contributed by atoms with E-state index in [4.69, 9.17) is 4.74 Å². The van der Waals surface area contributed by atoms with Crippen LogP contribution in [0, 0.1) is 5.92 Å². The summed E-state index contributed by atoms with van der Waals surface area (Å²) >= 11 is 0. The molecule has 2 amide bonds. The number of hydrogen-bond acceptors (Lipinski definition) is 5. The molecule has 162 valence electrons. The van der Waals surface area contributed by atoms with Gasteiger partial charge in [0, 0.05) is 0 Å². The number of ether oxygens (including phenoxy) is 1. The molecule has 0 bridgehead atoms. The van der Waals surface area contributed by atoms with Crippen LogP contribution in [0.5, 0.6) is 0 Å². The van der Waals surface area contributed by atoms with Gasteiger partial charge in [-0.15, -0.1) is 0 Å². The van der Waals surface area contributed by atoms with E-state index in [-0.39, 0.29) is 18.2 Å². The summed E-state index contributed by atoms with van der Waals surface area (Å²) in [4.78, 5) is 41.0. The first kappa shape index (κ1) is 21.2. The lowest BCUT2D eigenvalue weighted by Crippen LogP contribution is -2.46. The molecule has 0 radical (unpaired) electrons. The standard InChI is InChI=1S/C25H28N2O4/c1-2-31-25(30)20-8-10-21(11-9-20)27-23(28)17-22(24(27)29)26-14-12-19(13-15-26)16-18-6-4-3-5-7-18/h3-11,19,22H,2,12-17H2,1H3/t22-/m0/s1. The summed E-state index contributed by atoms with van der Waals surface area (Å²) < 4.78 is 4.98. The highest BCUT2D eigenvalue weighted by atomic mass is 16.5. The Morgan fingerprint density at radius 1 is 1.00 bits per heavy atom. The molecule has 2 aliphatic rings. The van der Waals surface area contributed by atoms with E-state index in [1.165, 1.54) is 10.5 Å². The van der Waals surface area contributed by atoms with Gasteiger partial charge in [0.1, 0.15) is 0 Å². The number of benzene rings is 2. The van der Waals surface area contributed by atoms with Crippen LogP contribution in [0.4, 0.5) is 5.69 Å². The van der Waals surface area contributed by atoms with E-state index < -0.39 is 12.0 Å². The highest BCUT2D eigenvalue weighted by Crippen LogP contribution is 2.30. The lowest BCUT2D eigenvalue weighted by Gasteiger charge is -2.34. The molecule has 0 unspecified atom stereocenters. The molecule has 0 saturated carbocycles. The van der Waals surface area contributed by atoms with Gasteiger partial charge in [-0.2, -0.15) is 0 Å². The van der Waals surface area contributed by atoms with Crippen LogP contribution in [0.1, 0.15) is 42.1 Å². The summed E-state index contributed by atoms with van der Waals surface area (Å²) in [6, 6.07) is 16.6. The summed E-state index contributed by atoms with van der Waals surface area (Å²) in [5, 5.41) is 0. The van der Waals surface area contributed by atoms with Gasteiger partial charge < -0.3 is 4.74 Å². The van der Waals surface area contributed by atoms with Crippen LogP contribution >= 0.6 is 0 Å². The van der Waals surface area contributed by atoms with Crippen molar-refractivity contribution >= 4 is 23.5 Å². The zero-order valence-corrected chi connectivity index (χ0v) is 17.8. The number of anilines is 1. The molecule has 2 fully saturated rings. The number of likely N-dealkylation sites (tertiary alicyclic amines) is 1. The molecule has 31 heavy (non-hydrogen) atoms. The monoisotopic (exact) mass is 420 g/mol. The van der Waals surface area contributed by atoms with Gasteiger partial charge in [0.05, 0.1) is 30.3 Å². The second kappa shape index (κ2) is 9.43. The van der Waals surface area contributed by atoms with E-state index in [9.17, 15) is 14.4 Å². The summed E-state index contributed by atoms with van der Waals surface area (Å²) in [5.41, 5.74) is 2.26. The molecule has 6 nitrogen and oxygen atoms in total. The number of esters is 1. The van der Waals surface area contributed by atoms with Crippen molar-refractivity contribution in [1.29, 1.82) is 0 Å². The number of rotatable bonds is 6. The zero-order valence-electron chi connectivity index (χ0n) is 17.8. The van der Waals surface area contributed by atoms with E-state index >= 15 is 0 Å². The first-order chi connectivity index (χ1) is 15.1. The maximum atomic E-state index is 13.1. The molecule has 0 aromatic heterocycles. The minimum absolute atomic E-state index is 0.171. The van der Waals surface area contributed by atoms with Crippen LogP contribution in [0.15, 0.2) is 54.6 Å². The molecule has 2 aromatic rings. The molecular formula is C25H28N2O4. The number of hydrogen-bond donors (Lipinski definition) is 0. The largest absolute Gasteiger partial charge is 0.462 e. The van der Waals surface area contributed by atoms with Gasteiger partial charge in [-0.05, 0) is 75.0 Å². The summed E-state index contributed by atoms with van der Waals surface area (Å²) in [6.45, 7) is 3.71.